The number of aromatic nitrogens is 1. The molecular weight excluding hydrogens is 351 g/mol. The zero-order valence-corrected chi connectivity index (χ0v) is 14.8. The number of benzene rings is 1. The maximum atomic E-state index is 12.8. The first-order chi connectivity index (χ1) is 11.1. The molecule has 6 heteroatoms. The Hall–Kier alpha value is -1.10. The second-order valence-electron chi connectivity index (χ2n) is 5.88. The van der Waals surface area contributed by atoms with Crippen molar-refractivity contribution in [3.63, 3.8) is 0 Å². The van der Waals surface area contributed by atoms with Gasteiger partial charge in [-0.15, -0.1) is 0 Å². The van der Waals surface area contributed by atoms with E-state index in [1.54, 1.807) is 18.3 Å². The van der Waals surface area contributed by atoms with Gasteiger partial charge in [0.15, 0.2) is 5.13 Å². The van der Waals surface area contributed by atoms with Crippen molar-refractivity contribution in [1.82, 2.24) is 4.98 Å². The summed E-state index contributed by atoms with van der Waals surface area (Å²) in [6.45, 7) is 0. The minimum absolute atomic E-state index is 0.0429. The second kappa shape index (κ2) is 7.65. The first-order valence-electron chi connectivity index (χ1n) is 7.71. The number of carbonyl (C=O) groups excluding carboxylic acids is 1. The number of amides is 1. The average Bonchev–Trinajstić information content (AvgIpc) is 3.21. The molecule has 1 aromatic heterocycles. The number of anilines is 1. The fraction of sp³-hybridized carbons (Fsp3) is 0.412. The van der Waals surface area contributed by atoms with Crippen molar-refractivity contribution >= 4 is 45.6 Å². The Bertz CT molecular complexity index is 669. The first kappa shape index (κ1) is 16.7. The van der Waals surface area contributed by atoms with Crippen LogP contribution in [-0.4, -0.2) is 10.9 Å². The fourth-order valence-corrected chi connectivity index (χ4v) is 3.93. The van der Waals surface area contributed by atoms with Crippen LogP contribution in [0.5, 0.6) is 0 Å². The van der Waals surface area contributed by atoms with Crippen LogP contribution in [0.4, 0.5) is 5.13 Å². The van der Waals surface area contributed by atoms with E-state index >= 15 is 0 Å². The maximum Gasteiger partial charge on any atom is 0.233 e. The minimum Gasteiger partial charge on any atom is -0.301 e. The molecule has 1 aromatic carbocycles. The van der Waals surface area contributed by atoms with Crippen molar-refractivity contribution in [2.75, 3.05) is 5.32 Å². The quantitative estimate of drug-likeness (QED) is 0.752. The number of rotatable bonds is 5. The van der Waals surface area contributed by atoms with Gasteiger partial charge in [-0.3, -0.25) is 4.79 Å². The standard InChI is InChI=1S/C17H17Cl2N2OS/c18-14-6-5-12(10-15(14)19)13(9-11-3-1-2-4-11)16(22)21-17-20-7-8-23-17/h5-7,10-11,13H,1-4,9H2,(H,20,21,22). The first-order valence-corrected chi connectivity index (χ1v) is 9.28. The summed E-state index contributed by atoms with van der Waals surface area (Å²) < 4.78 is 0. The van der Waals surface area contributed by atoms with E-state index < -0.39 is 0 Å². The van der Waals surface area contributed by atoms with Gasteiger partial charge in [0.05, 0.1) is 21.3 Å². The molecule has 1 radical (unpaired) electrons. The summed E-state index contributed by atoms with van der Waals surface area (Å²) >= 11 is 13.4. The SMILES string of the molecule is O=C(Nc1nc[c]s1)C(CC1CCCC1)c1ccc(Cl)c(Cl)c1. The number of nitrogens with zero attached hydrogens (tertiary/aromatic N) is 1. The Balaban J connectivity index is 1.82. The van der Waals surface area contributed by atoms with Gasteiger partial charge in [0.2, 0.25) is 5.91 Å². The molecule has 1 amide bonds. The maximum absolute atomic E-state index is 12.8. The van der Waals surface area contributed by atoms with E-state index in [-0.39, 0.29) is 11.8 Å². The number of hydrogen-bond donors (Lipinski definition) is 1. The molecule has 1 heterocycles. The van der Waals surface area contributed by atoms with Crippen LogP contribution in [0.2, 0.25) is 10.0 Å². The molecule has 1 unspecified atom stereocenters. The number of halogens is 2. The van der Waals surface area contributed by atoms with Crippen molar-refractivity contribution in [2.24, 2.45) is 5.92 Å². The lowest BCUT2D eigenvalue weighted by atomic mass is 9.87. The Morgan fingerprint density at radius 3 is 2.78 bits per heavy atom. The van der Waals surface area contributed by atoms with E-state index in [9.17, 15) is 4.79 Å². The van der Waals surface area contributed by atoms with Crippen molar-refractivity contribution in [2.45, 2.75) is 38.0 Å². The van der Waals surface area contributed by atoms with Crippen LogP contribution in [0, 0.1) is 11.3 Å². The van der Waals surface area contributed by atoms with Gasteiger partial charge in [0, 0.05) is 6.20 Å². The lowest BCUT2D eigenvalue weighted by Gasteiger charge is -2.20. The van der Waals surface area contributed by atoms with Gasteiger partial charge in [-0.05, 0) is 30.0 Å². The molecule has 1 aliphatic carbocycles. The van der Waals surface area contributed by atoms with Gasteiger partial charge in [-0.1, -0.05) is 66.3 Å². The molecule has 0 saturated heterocycles. The monoisotopic (exact) mass is 367 g/mol. The van der Waals surface area contributed by atoms with Gasteiger partial charge in [-0.2, -0.15) is 0 Å². The molecule has 0 bridgehead atoms. The van der Waals surface area contributed by atoms with Crippen LogP contribution in [0.1, 0.15) is 43.6 Å². The Morgan fingerprint density at radius 1 is 1.35 bits per heavy atom. The van der Waals surface area contributed by atoms with E-state index in [4.69, 9.17) is 23.2 Å². The summed E-state index contributed by atoms with van der Waals surface area (Å²) in [4.78, 5) is 16.8. The summed E-state index contributed by atoms with van der Waals surface area (Å²) in [7, 11) is 0. The molecule has 3 rings (SSSR count). The molecule has 1 saturated carbocycles. The number of nitrogens with one attached hydrogen (secondary N) is 1. The summed E-state index contributed by atoms with van der Waals surface area (Å²) in [5.74, 6) is 0.304. The molecule has 3 nitrogen and oxygen atoms in total. The van der Waals surface area contributed by atoms with E-state index in [1.165, 1.54) is 37.0 Å². The van der Waals surface area contributed by atoms with Crippen molar-refractivity contribution < 1.29 is 4.79 Å². The van der Waals surface area contributed by atoms with E-state index in [2.05, 4.69) is 15.7 Å². The highest BCUT2D eigenvalue weighted by atomic mass is 35.5. The molecule has 2 aromatic rings. The fourth-order valence-electron chi connectivity index (χ4n) is 3.15. The van der Waals surface area contributed by atoms with E-state index in [0.29, 0.717) is 21.1 Å². The van der Waals surface area contributed by atoms with Crippen LogP contribution >= 0.6 is 34.5 Å². The topological polar surface area (TPSA) is 42.0 Å². The predicted molar refractivity (Wildman–Crippen MR) is 95.4 cm³/mol. The number of thiazole rings is 1. The summed E-state index contributed by atoms with van der Waals surface area (Å²) in [6.07, 6.45) is 7.28. The third-order valence-corrected chi connectivity index (χ3v) is 5.69. The largest absolute Gasteiger partial charge is 0.301 e. The molecule has 1 fully saturated rings. The van der Waals surface area contributed by atoms with Gasteiger partial charge in [0.25, 0.3) is 0 Å². The van der Waals surface area contributed by atoms with Crippen LogP contribution in [0.25, 0.3) is 0 Å². The summed E-state index contributed by atoms with van der Waals surface area (Å²) in [6, 6.07) is 5.45. The number of hydrogen-bond acceptors (Lipinski definition) is 3. The molecule has 0 spiro atoms. The Labute approximate surface area is 150 Å². The summed E-state index contributed by atoms with van der Waals surface area (Å²) in [5.41, 5.74) is 0.907. The molecule has 23 heavy (non-hydrogen) atoms. The highest BCUT2D eigenvalue weighted by Gasteiger charge is 2.27. The Morgan fingerprint density at radius 2 is 2.13 bits per heavy atom. The third-order valence-electron chi connectivity index (χ3n) is 4.33. The lowest BCUT2D eigenvalue weighted by molar-refractivity contribution is -0.118. The molecule has 0 aliphatic heterocycles. The highest BCUT2D eigenvalue weighted by molar-refractivity contribution is 7.13. The predicted octanol–water partition coefficient (Wildman–Crippen LogP) is 5.55. The molecular formula is C17H17Cl2N2OS. The minimum atomic E-state index is -0.239. The normalized spacial score (nSPS) is 16.4. The van der Waals surface area contributed by atoms with Crippen LogP contribution < -0.4 is 5.32 Å². The second-order valence-corrected chi connectivity index (χ2v) is 7.53. The van der Waals surface area contributed by atoms with Crippen molar-refractivity contribution in [1.29, 1.82) is 0 Å². The highest BCUT2D eigenvalue weighted by Crippen LogP contribution is 2.36. The van der Waals surface area contributed by atoms with Crippen molar-refractivity contribution in [3.05, 3.63) is 45.4 Å². The van der Waals surface area contributed by atoms with Gasteiger partial charge in [-0.25, -0.2) is 4.98 Å². The molecule has 1 aliphatic rings. The smallest absolute Gasteiger partial charge is 0.233 e. The molecule has 1 atom stereocenters. The van der Waals surface area contributed by atoms with E-state index in [0.717, 1.165) is 12.0 Å². The average molecular weight is 368 g/mol. The lowest BCUT2D eigenvalue weighted by Crippen LogP contribution is -2.23. The molecule has 1 N–H and O–H groups in total. The van der Waals surface area contributed by atoms with Crippen LogP contribution in [0.15, 0.2) is 24.4 Å². The van der Waals surface area contributed by atoms with Crippen LogP contribution in [0.3, 0.4) is 0 Å². The van der Waals surface area contributed by atoms with E-state index in [1.807, 2.05) is 6.07 Å². The van der Waals surface area contributed by atoms with Crippen LogP contribution in [-0.2, 0) is 4.79 Å². The molecule has 121 valence electrons. The third kappa shape index (κ3) is 4.25. The Kier molecular flexibility index (Phi) is 5.57. The van der Waals surface area contributed by atoms with Gasteiger partial charge in [0.1, 0.15) is 0 Å². The van der Waals surface area contributed by atoms with Crippen molar-refractivity contribution in [3.8, 4) is 0 Å². The van der Waals surface area contributed by atoms with Gasteiger partial charge < -0.3 is 5.32 Å². The number of carbonyl (C=O) groups is 1. The zero-order chi connectivity index (χ0) is 16.2. The summed E-state index contributed by atoms with van der Waals surface area (Å²) in [5, 5.41) is 7.33. The van der Waals surface area contributed by atoms with Gasteiger partial charge >= 0.3 is 0 Å². The zero-order valence-electron chi connectivity index (χ0n) is 12.5.